The summed E-state index contributed by atoms with van der Waals surface area (Å²) in [6, 6.07) is 14.0. The first-order valence-corrected chi connectivity index (χ1v) is 9.68. The molecule has 2 heterocycles. The predicted octanol–water partition coefficient (Wildman–Crippen LogP) is 6.53. The van der Waals surface area contributed by atoms with Crippen molar-refractivity contribution < 1.29 is 9.15 Å². The van der Waals surface area contributed by atoms with Crippen molar-refractivity contribution in [2.45, 2.75) is 20.8 Å². The molecular formula is C25H24N2O2. The van der Waals surface area contributed by atoms with E-state index in [0.29, 0.717) is 0 Å². The number of aromatic nitrogens is 1. The highest BCUT2D eigenvalue weighted by atomic mass is 16.5. The van der Waals surface area contributed by atoms with Gasteiger partial charge in [0.05, 0.1) is 5.52 Å². The van der Waals surface area contributed by atoms with Crippen LogP contribution in [0.25, 0.3) is 27.6 Å². The standard InChI is InChI=1S/C25H24N2O2/c1-5-6-7-22(26-4)18-8-10-21-23(14-18)27-13-12-24(21)29-19-9-11-20-16(2)17(3)28-25(20)15-19/h5-15,26H,1-4H3/b6-5-,22-7-. The number of benzene rings is 2. The number of furan rings is 1. The minimum atomic E-state index is 0.742. The van der Waals surface area contributed by atoms with Gasteiger partial charge < -0.3 is 14.5 Å². The summed E-state index contributed by atoms with van der Waals surface area (Å²) in [4.78, 5) is 4.53. The van der Waals surface area contributed by atoms with Gasteiger partial charge in [0.1, 0.15) is 22.8 Å². The van der Waals surface area contributed by atoms with Gasteiger partial charge in [-0.1, -0.05) is 18.2 Å². The van der Waals surface area contributed by atoms with E-state index < -0.39 is 0 Å². The van der Waals surface area contributed by atoms with Gasteiger partial charge in [-0.25, -0.2) is 0 Å². The van der Waals surface area contributed by atoms with Crippen molar-refractivity contribution in [2.75, 3.05) is 7.05 Å². The van der Waals surface area contributed by atoms with Crippen LogP contribution in [-0.4, -0.2) is 12.0 Å². The van der Waals surface area contributed by atoms with Crippen LogP contribution in [-0.2, 0) is 0 Å². The average Bonchev–Trinajstić information content (AvgIpc) is 3.02. The van der Waals surface area contributed by atoms with Gasteiger partial charge in [0.15, 0.2) is 0 Å². The molecule has 0 aliphatic carbocycles. The number of allylic oxidation sites excluding steroid dienone is 3. The van der Waals surface area contributed by atoms with Crippen molar-refractivity contribution in [3.63, 3.8) is 0 Å². The lowest BCUT2D eigenvalue weighted by Gasteiger charge is -2.11. The van der Waals surface area contributed by atoms with E-state index in [0.717, 1.165) is 50.4 Å². The Morgan fingerprint density at radius 1 is 1.07 bits per heavy atom. The first-order chi connectivity index (χ1) is 14.1. The zero-order valence-corrected chi connectivity index (χ0v) is 17.1. The fourth-order valence-electron chi connectivity index (χ4n) is 3.41. The fourth-order valence-corrected chi connectivity index (χ4v) is 3.41. The molecule has 0 saturated carbocycles. The molecule has 0 atom stereocenters. The van der Waals surface area contributed by atoms with Gasteiger partial charge in [0, 0.05) is 35.8 Å². The van der Waals surface area contributed by atoms with Crippen LogP contribution in [0, 0.1) is 13.8 Å². The molecule has 2 aromatic heterocycles. The second-order valence-corrected chi connectivity index (χ2v) is 6.94. The third-order valence-corrected chi connectivity index (χ3v) is 5.11. The second kappa shape index (κ2) is 7.84. The maximum atomic E-state index is 6.20. The normalized spacial score (nSPS) is 12.2. The van der Waals surface area contributed by atoms with E-state index in [-0.39, 0.29) is 0 Å². The predicted molar refractivity (Wildman–Crippen MR) is 119 cm³/mol. The van der Waals surface area contributed by atoms with Gasteiger partial charge >= 0.3 is 0 Å². The molecule has 4 aromatic rings. The number of hydrogen-bond acceptors (Lipinski definition) is 4. The van der Waals surface area contributed by atoms with Crippen LogP contribution in [0.15, 0.2) is 71.3 Å². The Hall–Kier alpha value is -3.53. The fraction of sp³-hybridized carbons (Fsp3) is 0.160. The summed E-state index contributed by atoms with van der Waals surface area (Å²) in [5, 5.41) is 5.32. The molecule has 1 N–H and O–H groups in total. The molecule has 0 spiro atoms. The molecule has 0 fully saturated rings. The number of aryl methyl sites for hydroxylation is 2. The molecule has 146 valence electrons. The van der Waals surface area contributed by atoms with Crippen LogP contribution in [0.5, 0.6) is 11.5 Å². The number of nitrogens with zero attached hydrogens (tertiary/aromatic N) is 1. The molecule has 0 bridgehead atoms. The van der Waals surface area contributed by atoms with E-state index in [2.05, 4.69) is 29.4 Å². The first kappa shape index (κ1) is 18.8. The van der Waals surface area contributed by atoms with E-state index >= 15 is 0 Å². The second-order valence-electron chi connectivity index (χ2n) is 6.94. The van der Waals surface area contributed by atoms with Gasteiger partial charge in [-0.3, -0.25) is 4.98 Å². The zero-order chi connectivity index (χ0) is 20.4. The summed E-state index contributed by atoms with van der Waals surface area (Å²) in [7, 11) is 1.92. The van der Waals surface area contributed by atoms with E-state index in [1.54, 1.807) is 6.20 Å². The van der Waals surface area contributed by atoms with Gasteiger partial charge in [-0.2, -0.15) is 0 Å². The summed E-state index contributed by atoms with van der Waals surface area (Å²) in [6.07, 6.45) is 7.83. The number of rotatable bonds is 5. The molecule has 29 heavy (non-hydrogen) atoms. The summed E-state index contributed by atoms with van der Waals surface area (Å²) in [5.74, 6) is 2.45. The number of ether oxygens (including phenoxy) is 1. The Bertz CT molecular complexity index is 1250. The Balaban J connectivity index is 1.71. The van der Waals surface area contributed by atoms with Crippen LogP contribution < -0.4 is 10.1 Å². The van der Waals surface area contributed by atoms with Gasteiger partial charge in [0.25, 0.3) is 0 Å². The third kappa shape index (κ3) is 3.61. The van der Waals surface area contributed by atoms with Crippen LogP contribution in [0.3, 0.4) is 0 Å². The number of pyridine rings is 1. The number of hydrogen-bond donors (Lipinski definition) is 1. The van der Waals surface area contributed by atoms with E-state index in [9.17, 15) is 0 Å². The third-order valence-electron chi connectivity index (χ3n) is 5.11. The highest BCUT2D eigenvalue weighted by Crippen LogP contribution is 2.33. The van der Waals surface area contributed by atoms with Gasteiger partial charge in [-0.05, 0) is 68.3 Å². The van der Waals surface area contributed by atoms with Gasteiger partial charge in [-0.15, -0.1) is 0 Å². The summed E-state index contributed by atoms with van der Waals surface area (Å²) in [6.45, 7) is 6.05. The largest absolute Gasteiger partial charge is 0.461 e. The summed E-state index contributed by atoms with van der Waals surface area (Å²) < 4.78 is 12.0. The van der Waals surface area contributed by atoms with Crippen molar-refractivity contribution in [3.05, 3.63) is 83.8 Å². The lowest BCUT2D eigenvalue weighted by Crippen LogP contribution is -2.04. The Morgan fingerprint density at radius 2 is 1.90 bits per heavy atom. The monoisotopic (exact) mass is 384 g/mol. The lowest BCUT2D eigenvalue weighted by molar-refractivity contribution is 0.486. The maximum absolute atomic E-state index is 6.20. The molecule has 0 amide bonds. The Labute approximate surface area is 170 Å². The highest BCUT2D eigenvalue weighted by molar-refractivity contribution is 5.88. The Morgan fingerprint density at radius 3 is 2.69 bits per heavy atom. The van der Waals surface area contributed by atoms with Gasteiger partial charge in [0.2, 0.25) is 0 Å². The maximum Gasteiger partial charge on any atom is 0.138 e. The molecule has 0 aliphatic rings. The van der Waals surface area contributed by atoms with E-state index in [1.165, 1.54) is 5.56 Å². The van der Waals surface area contributed by atoms with Crippen molar-refractivity contribution in [1.82, 2.24) is 10.3 Å². The van der Waals surface area contributed by atoms with Crippen LogP contribution in [0.2, 0.25) is 0 Å². The Kier molecular flexibility index (Phi) is 5.09. The smallest absolute Gasteiger partial charge is 0.138 e. The van der Waals surface area contributed by atoms with E-state index in [4.69, 9.17) is 9.15 Å². The average molecular weight is 384 g/mol. The minimum absolute atomic E-state index is 0.742. The van der Waals surface area contributed by atoms with Crippen LogP contribution in [0.4, 0.5) is 0 Å². The van der Waals surface area contributed by atoms with Crippen molar-refractivity contribution in [2.24, 2.45) is 0 Å². The number of fused-ring (bicyclic) bond motifs is 2. The molecular weight excluding hydrogens is 360 g/mol. The minimum Gasteiger partial charge on any atom is -0.461 e. The quantitative estimate of drug-likeness (QED) is 0.398. The van der Waals surface area contributed by atoms with Crippen molar-refractivity contribution in [1.29, 1.82) is 0 Å². The number of nitrogens with one attached hydrogen (secondary N) is 1. The lowest BCUT2D eigenvalue weighted by atomic mass is 10.1. The molecule has 0 radical (unpaired) electrons. The van der Waals surface area contributed by atoms with Crippen molar-refractivity contribution in [3.8, 4) is 11.5 Å². The molecule has 4 rings (SSSR count). The molecule has 4 heteroatoms. The molecule has 0 aliphatic heterocycles. The van der Waals surface area contributed by atoms with Crippen LogP contribution >= 0.6 is 0 Å². The summed E-state index contributed by atoms with van der Waals surface area (Å²) in [5.41, 5.74) is 5.00. The molecule has 4 nitrogen and oxygen atoms in total. The van der Waals surface area contributed by atoms with Crippen LogP contribution in [0.1, 0.15) is 23.8 Å². The summed E-state index contributed by atoms with van der Waals surface area (Å²) >= 11 is 0. The SMILES string of the molecule is C/C=C\C=C(/NC)c1ccc2c(Oc3ccc4c(C)c(C)oc4c3)ccnc2c1. The highest BCUT2D eigenvalue weighted by Gasteiger charge is 2.10. The zero-order valence-electron chi connectivity index (χ0n) is 17.1. The molecule has 0 saturated heterocycles. The molecule has 0 unspecified atom stereocenters. The van der Waals surface area contributed by atoms with Crippen molar-refractivity contribution >= 4 is 27.6 Å². The molecule has 2 aromatic carbocycles. The first-order valence-electron chi connectivity index (χ1n) is 9.68. The van der Waals surface area contributed by atoms with E-state index in [1.807, 2.05) is 69.5 Å². The topological polar surface area (TPSA) is 47.3 Å².